The third-order valence-corrected chi connectivity index (χ3v) is 3.18. The number of nitrogens with two attached hydrogens (primary N) is 1. The first kappa shape index (κ1) is 16.2. The van der Waals surface area contributed by atoms with Gasteiger partial charge in [0.2, 0.25) is 5.91 Å². The summed E-state index contributed by atoms with van der Waals surface area (Å²) in [5, 5.41) is 2.80. The molecule has 0 fully saturated rings. The monoisotopic (exact) mass is 296 g/mol. The molecular formula is C14H20N2O3S. The van der Waals surface area contributed by atoms with Gasteiger partial charge in [0.05, 0.1) is 31.7 Å². The highest BCUT2D eigenvalue weighted by Crippen LogP contribution is 2.27. The SMILES string of the molecule is CCC(NC(=O)Cc1ccc(OC)c(OC)c1)C(N)=S. The Balaban J connectivity index is 2.73. The Morgan fingerprint density at radius 3 is 2.50 bits per heavy atom. The third kappa shape index (κ3) is 4.38. The van der Waals surface area contributed by atoms with Crippen LogP contribution in [0.3, 0.4) is 0 Å². The summed E-state index contributed by atoms with van der Waals surface area (Å²) in [4.78, 5) is 12.2. The second kappa shape index (κ2) is 7.69. The van der Waals surface area contributed by atoms with Crippen LogP contribution < -0.4 is 20.5 Å². The predicted octanol–water partition coefficient (Wildman–Crippen LogP) is 1.43. The van der Waals surface area contributed by atoms with E-state index in [1.807, 2.05) is 13.0 Å². The van der Waals surface area contributed by atoms with Gasteiger partial charge in [-0.3, -0.25) is 4.79 Å². The van der Waals surface area contributed by atoms with Gasteiger partial charge in [0.15, 0.2) is 11.5 Å². The fourth-order valence-corrected chi connectivity index (χ4v) is 2.02. The molecular weight excluding hydrogens is 276 g/mol. The van der Waals surface area contributed by atoms with Gasteiger partial charge in [-0.25, -0.2) is 0 Å². The van der Waals surface area contributed by atoms with Crippen molar-refractivity contribution >= 4 is 23.1 Å². The molecule has 0 radical (unpaired) electrons. The van der Waals surface area contributed by atoms with Crippen LogP contribution in [0.4, 0.5) is 0 Å². The van der Waals surface area contributed by atoms with E-state index in [2.05, 4.69) is 5.32 Å². The third-order valence-electron chi connectivity index (χ3n) is 2.90. The molecule has 0 saturated carbocycles. The number of benzene rings is 1. The Hall–Kier alpha value is -1.82. The van der Waals surface area contributed by atoms with Crippen molar-refractivity contribution in [3.8, 4) is 11.5 Å². The first-order chi connectivity index (χ1) is 9.51. The first-order valence-electron chi connectivity index (χ1n) is 6.31. The summed E-state index contributed by atoms with van der Waals surface area (Å²) in [5.41, 5.74) is 6.38. The van der Waals surface area contributed by atoms with Crippen molar-refractivity contribution in [2.45, 2.75) is 25.8 Å². The molecule has 1 unspecified atom stereocenters. The maximum absolute atomic E-state index is 11.9. The van der Waals surface area contributed by atoms with Crippen molar-refractivity contribution in [2.75, 3.05) is 14.2 Å². The first-order valence-corrected chi connectivity index (χ1v) is 6.72. The summed E-state index contributed by atoms with van der Waals surface area (Å²) in [6.07, 6.45) is 0.909. The van der Waals surface area contributed by atoms with Crippen molar-refractivity contribution in [1.82, 2.24) is 5.32 Å². The molecule has 0 aliphatic rings. The molecule has 0 spiro atoms. The van der Waals surface area contributed by atoms with Gasteiger partial charge in [0.1, 0.15) is 0 Å². The molecule has 0 heterocycles. The fraction of sp³-hybridized carbons (Fsp3) is 0.429. The molecule has 0 aliphatic heterocycles. The minimum Gasteiger partial charge on any atom is -0.493 e. The molecule has 1 amide bonds. The maximum Gasteiger partial charge on any atom is 0.224 e. The van der Waals surface area contributed by atoms with Crippen LogP contribution >= 0.6 is 12.2 Å². The summed E-state index contributed by atoms with van der Waals surface area (Å²) in [6, 6.07) is 5.10. The number of amides is 1. The van der Waals surface area contributed by atoms with E-state index >= 15 is 0 Å². The van der Waals surface area contributed by atoms with Crippen LogP contribution in [0.1, 0.15) is 18.9 Å². The van der Waals surface area contributed by atoms with Crippen molar-refractivity contribution in [3.63, 3.8) is 0 Å². The minimum atomic E-state index is -0.266. The van der Waals surface area contributed by atoms with Crippen molar-refractivity contribution in [1.29, 1.82) is 0 Å². The number of methoxy groups -OCH3 is 2. The van der Waals surface area contributed by atoms with Crippen molar-refractivity contribution in [2.24, 2.45) is 5.73 Å². The Morgan fingerprint density at radius 1 is 1.35 bits per heavy atom. The largest absolute Gasteiger partial charge is 0.493 e. The van der Waals surface area contributed by atoms with E-state index in [4.69, 9.17) is 27.4 Å². The van der Waals surface area contributed by atoms with Gasteiger partial charge in [0, 0.05) is 0 Å². The van der Waals surface area contributed by atoms with Crippen LogP contribution in [-0.4, -0.2) is 31.2 Å². The normalized spacial score (nSPS) is 11.6. The lowest BCUT2D eigenvalue weighted by molar-refractivity contribution is -0.120. The van der Waals surface area contributed by atoms with Gasteiger partial charge in [-0.2, -0.15) is 0 Å². The Kier molecular flexibility index (Phi) is 6.24. The molecule has 1 atom stereocenters. The van der Waals surface area contributed by atoms with Gasteiger partial charge in [-0.15, -0.1) is 0 Å². The molecule has 1 aromatic carbocycles. The average molecular weight is 296 g/mol. The molecule has 3 N–H and O–H groups in total. The molecule has 6 heteroatoms. The summed E-state index contributed by atoms with van der Waals surface area (Å²) in [5.74, 6) is 1.10. The van der Waals surface area contributed by atoms with Crippen LogP contribution in [0.2, 0.25) is 0 Å². The summed E-state index contributed by atoms with van der Waals surface area (Å²) >= 11 is 4.90. The molecule has 20 heavy (non-hydrogen) atoms. The van der Waals surface area contributed by atoms with E-state index in [9.17, 15) is 4.79 Å². The molecule has 0 aromatic heterocycles. The summed E-state index contributed by atoms with van der Waals surface area (Å²) < 4.78 is 10.4. The number of carbonyl (C=O) groups is 1. The highest BCUT2D eigenvalue weighted by atomic mass is 32.1. The fourth-order valence-electron chi connectivity index (χ4n) is 1.80. The van der Waals surface area contributed by atoms with Crippen molar-refractivity contribution in [3.05, 3.63) is 23.8 Å². The van der Waals surface area contributed by atoms with Crippen LogP contribution in [0.25, 0.3) is 0 Å². The molecule has 0 saturated heterocycles. The quantitative estimate of drug-likeness (QED) is 0.745. The zero-order valence-electron chi connectivity index (χ0n) is 11.9. The van der Waals surface area contributed by atoms with Gasteiger partial charge in [-0.1, -0.05) is 25.2 Å². The second-order valence-corrected chi connectivity index (χ2v) is 4.77. The molecule has 0 aliphatic carbocycles. The van der Waals surface area contributed by atoms with Crippen LogP contribution in [0.15, 0.2) is 18.2 Å². The molecule has 0 bridgehead atoms. The van der Waals surface area contributed by atoms with Crippen LogP contribution in [-0.2, 0) is 11.2 Å². The maximum atomic E-state index is 11.9. The van der Waals surface area contributed by atoms with Gasteiger partial charge >= 0.3 is 0 Å². The van der Waals surface area contributed by atoms with E-state index in [0.29, 0.717) is 22.9 Å². The topological polar surface area (TPSA) is 73.6 Å². The van der Waals surface area contributed by atoms with E-state index in [1.165, 1.54) is 0 Å². The Bertz CT molecular complexity index is 491. The average Bonchev–Trinajstić information content (AvgIpc) is 2.44. The lowest BCUT2D eigenvalue weighted by atomic mass is 10.1. The molecule has 110 valence electrons. The minimum absolute atomic E-state index is 0.128. The van der Waals surface area contributed by atoms with Crippen LogP contribution in [0.5, 0.6) is 11.5 Å². The molecule has 5 nitrogen and oxygen atoms in total. The second-order valence-electron chi connectivity index (χ2n) is 4.30. The highest BCUT2D eigenvalue weighted by molar-refractivity contribution is 7.80. The van der Waals surface area contributed by atoms with Gasteiger partial charge in [-0.05, 0) is 24.1 Å². The van der Waals surface area contributed by atoms with Gasteiger partial charge < -0.3 is 20.5 Å². The van der Waals surface area contributed by atoms with Gasteiger partial charge in [0.25, 0.3) is 0 Å². The number of nitrogens with one attached hydrogen (secondary N) is 1. The Labute approximate surface area is 124 Å². The zero-order valence-corrected chi connectivity index (χ0v) is 12.8. The lowest BCUT2D eigenvalue weighted by Crippen LogP contribution is -2.43. The van der Waals surface area contributed by atoms with E-state index in [0.717, 1.165) is 5.56 Å². The van der Waals surface area contributed by atoms with E-state index < -0.39 is 0 Å². The number of thiocarbonyl (C=S) groups is 1. The summed E-state index contributed by atoms with van der Waals surface area (Å²) in [7, 11) is 3.12. The zero-order chi connectivity index (χ0) is 15.1. The summed E-state index contributed by atoms with van der Waals surface area (Å²) in [6.45, 7) is 1.92. The van der Waals surface area contributed by atoms with E-state index in [1.54, 1.807) is 26.4 Å². The lowest BCUT2D eigenvalue weighted by Gasteiger charge is -2.15. The molecule has 1 aromatic rings. The number of hydrogen-bond acceptors (Lipinski definition) is 4. The standard InChI is InChI=1S/C14H20N2O3S/c1-4-10(14(15)20)16-13(17)8-9-5-6-11(18-2)12(7-9)19-3/h5-7,10H,4,8H2,1-3H3,(H2,15,20)(H,16,17). The van der Waals surface area contributed by atoms with E-state index in [-0.39, 0.29) is 18.4 Å². The highest BCUT2D eigenvalue weighted by Gasteiger charge is 2.14. The molecule has 1 rings (SSSR count). The smallest absolute Gasteiger partial charge is 0.224 e. The number of carbonyl (C=O) groups excluding carboxylic acids is 1. The predicted molar refractivity (Wildman–Crippen MR) is 82.3 cm³/mol. The number of hydrogen-bond donors (Lipinski definition) is 2. The van der Waals surface area contributed by atoms with Crippen molar-refractivity contribution < 1.29 is 14.3 Å². The number of ether oxygens (including phenoxy) is 2. The number of rotatable bonds is 7. The van der Waals surface area contributed by atoms with Crippen LogP contribution in [0, 0.1) is 0 Å². The Morgan fingerprint density at radius 2 is 2.00 bits per heavy atom.